The van der Waals surface area contributed by atoms with Crippen LogP contribution in [-0.2, 0) is 45.7 Å². The van der Waals surface area contributed by atoms with Gasteiger partial charge in [-0.05, 0) is 42.5 Å². The number of nitrogens with two attached hydrogens (primary N) is 1. The third-order valence-electron chi connectivity index (χ3n) is 7.31. The first kappa shape index (κ1) is 25.4. The highest BCUT2D eigenvalue weighted by Gasteiger charge is 2.55. The van der Waals surface area contributed by atoms with Gasteiger partial charge in [0.05, 0.1) is 12.4 Å². The Labute approximate surface area is 231 Å². The predicted molar refractivity (Wildman–Crippen MR) is 145 cm³/mol. The minimum atomic E-state index is -1.17. The van der Waals surface area contributed by atoms with Gasteiger partial charge < -0.3 is 21.0 Å². The molecule has 4 N–H and O–H groups in total. The number of aromatic nitrogens is 3. The molecule has 2 aliphatic heterocycles. The highest BCUT2D eigenvalue weighted by atomic mass is 32.2. The lowest BCUT2D eigenvalue weighted by Crippen LogP contribution is -2.71. The number of fused-ring (bicyclic) bond motifs is 3. The van der Waals surface area contributed by atoms with Crippen molar-refractivity contribution in [3.63, 3.8) is 0 Å². The number of nitrogen functional groups attached to an aromatic ring is 1. The van der Waals surface area contributed by atoms with Crippen LogP contribution in [-0.4, -0.2) is 67.4 Å². The summed E-state index contributed by atoms with van der Waals surface area (Å²) < 4.78 is 4.01. The first-order chi connectivity index (χ1) is 18.8. The van der Waals surface area contributed by atoms with Crippen LogP contribution in [0.1, 0.15) is 23.2 Å². The number of hydrogen-bond acceptors (Lipinski definition) is 9. The van der Waals surface area contributed by atoms with Crippen LogP contribution in [0.5, 0.6) is 0 Å². The Morgan fingerprint density at radius 2 is 2.10 bits per heavy atom. The van der Waals surface area contributed by atoms with E-state index in [2.05, 4.69) is 27.6 Å². The largest absolute Gasteiger partial charge is 0.477 e. The second kappa shape index (κ2) is 9.68. The van der Waals surface area contributed by atoms with Gasteiger partial charge in [0.2, 0.25) is 6.20 Å². The molecule has 39 heavy (non-hydrogen) atoms. The minimum Gasteiger partial charge on any atom is -0.477 e. The van der Waals surface area contributed by atoms with Gasteiger partial charge >= 0.3 is 5.97 Å². The molecule has 3 aromatic rings. The highest BCUT2D eigenvalue weighted by molar-refractivity contribution is 8.00. The third kappa shape index (κ3) is 4.23. The van der Waals surface area contributed by atoms with E-state index < -0.39 is 29.2 Å². The lowest BCUT2D eigenvalue weighted by atomic mass is 10.0. The first-order valence-electron chi connectivity index (χ1n) is 12.3. The number of anilines is 1. The number of nitrogens with one attached hydrogen (secondary N) is 1. The number of carbonyl (C=O) groups is 3. The monoisotopic (exact) mass is 568 g/mol. The maximum absolute atomic E-state index is 13.2. The lowest BCUT2D eigenvalue weighted by molar-refractivity contribution is -0.764. The summed E-state index contributed by atoms with van der Waals surface area (Å²) in [7, 11) is 3.25. The molecule has 0 saturated carbocycles. The van der Waals surface area contributed by atoms with Crippen LogP contribution in [0.15, 0.2) is 40.1 Å². The van der Waals surface area contributed by atoms with Crippen molar-refractivity contribution in [2.45, 2.75) is 37.2 Å². The molecule has 1 fully saturated rings. The Kier molecular flexibility index (Phi) is 6.30. The van der Waals surface area contributed by atoms with Gasteiger partial charge in [-0.25, -0.2) is 9.78 Å². The van der Waals surface area contributed by atoms with E-state index in [9.17, 15) is 19.5 Å². The third-order valence-corrected chi connectivity index (χ3v) is 9.33. The van der Waals surface area contributed by atoms with Crippen LogP contribution >= 0.6 is 23.1 Å². The predicted octanol–water partition coefficient (Wildman–Crippen LogP) is 0.783. The Balaban J connectivity index is 1.24. The van der Waals surface area contributed by atoms with Crippen molar-refractivity contribution in [3.05, 3.63) is 51.8 Å². The van der Waals surface area contributed by atoms with Gasteiger partial charge in [0, 0.05) is 16.7 Å². The number of benzene rings is 1. The number of carboxylic acids is 1. The Morgan fingerprint density at radius 1 is 1.33 bits per heavy atom. The van der Waals surface area contributed by atoms with Gasteiger partial charge in [-0.15, -0.1) is 27.8 Å². The molecule has 12 nitrogen and oxygen atoms in total. The first-order valence-corrected chi connectivity index (χ1v) is 14.2. The molecular formula is C25H26N7O5S2+. The van der Waals surface area contributed by atoms with Crippen LogP contribution in [0.4, 0.5) is 5.13 Å². The number of aryl methyl sites for hydroxylation is 3. The topological polar surface area (TPSA) is 156 Å². The average molecular weight is 569 g/mol. The Morgan fingerprint density at radius 3 is 2.79 bits per heavy atom. The number of rotatable bonds is 7. The summed E-state index contributed by atoms with van der Waals surface area (Å²) in [6, 6.07) is 3.53. The van der Waals surface area contributed by atoms with Gasteiger partial charge in [0.15, 0.2) is 17.4 Å². The molecule has 1 saturated heterocycles. The average Bonchev–Trinajstić information content (AvgIpc) is 3.63. The molecule has 6 rings (SSSR count). The molecule has 202 valence electrons. The highest BCUT2D eigenvalue weighted by Crippen LogP contribution is 2.40. The zero-order valence-electron chi connectivity index (χ0n) is 21.2. The Hall–Kier alpha value is -3.91. The Bertz CT molecular complexity index is 1610. The second-order valence-electron chi connectivity index (χ2n) is 9.60. The number of hydrogen-bond donors (Lipinski definition) is 3. The number of carboxylic acid groups (broad SMARTS) is 1. The summed E-state index contributed by atoms with van der Waals surface area (Å²) >= 11 is 2.55. The smallest absolute Gasteiger partial charge is 0.352 e. The van der Waals surface area contributed by atoms with Crippen LogP contribution in [0.2, 0.25) is 0 Å². The summed E-state index contributed by atoms with van der Waals surface area (Å²) in [6.45, 7) is 0.327. The van der Waals surface area contributed by atoms with Crippen molar-refractivity contribution in [2.75, 3.05) is 18.6 Å². The van der Waals surface area contributed by atoms with Crippen LogP contribution in [0.3, 0.4) is 0 Å². The van der Waals surface area contributed by atoms with Crippen molar-refractivity contribution in [3.8, 4) is 0 Å². The maximum Gasteiger partial charge on any atom is 0.352 e. The fraction of sp³-hybridized carbons (Fsp3) is 0.360. The molecule has 2 amide bonds. The van der Waals surface area contributed by atoms with E-state index in [0.717, 1.165) is 35.1 Å². The molecule has 4 heterocycles. The summed E-state index contributed by atoms with van der Waals surface area (Å²) in [4.78, 5) is 48.6. The molecule has 2 atom stereocenters. The fourth-order valence-electron chi connectivity index (χ4n) is 5.45. The van der Waals surface area contributed by atoms with E-state index in [-0.39, 0.29) is 22.2 Å². The number of aliphatic carboxylic acids is 1. The van der Waals surface area contributed by atoms with Crippen molar-refractivity contribution < 1.29 is 29.0 Å². The maximum atomic E-state index is 13.2. The second-order valence-corrected chi connectivity index (χ2v) is 11.6. The number of nitrogens with zero attached hydrogens (tertiary/aromatic N) is 5. The van der Waals surface area contributed by atoms with Gasteiger partial charge in [-0.2, -0.15) is 4.68 Å². The zero-order valence-corrected chi connectivity index (χ0v) is 22.8. The van der Waals surface area contributed by atoms with Crippen molar-refractivity contribution in [2.24, 2.45) is 12.2 Å². The van der Waals surface area contributed by atoms with Crippen LogP contribution < -0.4 is 15.7 Å². The SMILES string of the molecule is CO/N=C(\C(=O)N[C@@H]1C(=O)N2C(C(=O)O)=C(C[n+]3cc4cc5c(cc4n3C)CCC5)CS[C@H]12)c1csc(N)n1. The fourth-order valence-corrected chi connectivity index (χ4v) is 7.34. The van der Waals surface area contributed by atoms with Crippen LogP contribution in [0, 0.1) is 0 Å². The van der Waals surface area contributed by atoms with E-state index in [0.29, 0.717) is 17.9 Å². The molecule has 0 bridgehead atoms. The minimum absolute atomic E-state index is 0.0347. The molecule has 3 aliphatic rings. The molecular weight excluding hydrogens is 542 g/mol. The van der Waals surface area contributed by atoms with E-state index in [1.54, 1.807) is 5.38 Å². The van der Waals surface area contributed by atoms with E-state index in [1.807, 2.05) is 22.6 Å². The molecule has 0 radical (unpaired) electrons. The van der Waals surface area contributed by atoms with Crippen molar-refractivity contribution >= 4 is 62.6 Å². The van der Waals surface area contributed by atoms with Crippen molar-refractivity contribution in [1.29, 1.82) is 0 Å². The standard InChI is InChI=1S/C25H25N7O5S2/c1-30-17-7-13-5-3-4-12(13)6-14(17)8-31(30)9-15-10-38-23-19(22(34)32(23)20(15)24(35)36)28-21(33)18(29-37-2)16-11-39-25(26)27-16/h6-8,11,19,23H,3-5,9-10H2,1-2H3,(H3-,26,27,28,33,35,36)/p+1/b29-18-/t19-,23-/m1/s1. The number of oxime groups is 1. The molecule has 0 spiro atoms. The summed E-state index contributed by atoms with van der Waals surface area (Å²) in [6.07, 6.45) is 5.36. The number of thiazole rings is 1. The van der Waals surface area contributed by atoms with E-state index in [4.69, 9.17) is 10.6 Å². The quantitative estimate of drug-likeness (QED) is 0.163. The number of thioether (sulfide) groups is 1. The normalized spacial score (nSPS) is 20.6. The number of β-lactam (4-membered cyclic amide) rings is 1. The molecule has 1 aliphatic carbocycles. The van der Waals surface area contributed by atoms with Crippen LogP contribution in [0.25, 0.3) is 10.9 Å². The number of carbonyl (C=O) groups excluding carboxylic acids is 2. The van der Waals surface area contributed by atoms with E-state index in [1.165, 1.54) is 41.3 Å². The summed E-state index contributed by atoms with van der Waals surface area (Å²) in [5.74, 6) is -1.94. The van der Waals surface area contributed by atoms with Gasteiger partial charge in [-0.3, -0.25) is 14.5 Å². The summed E-state index contributed by atoms with van der Waals surface area (Å²) in [5, 5.41) is 18.9. The molecule has 1 aromatic carbocycles. The molecule has 2 aromatic heterocycles. The molecule has 0 unspecified atom stereocenters. The number of amides is 2. The van der Waals surface area contributed by atoms with Gasteiger partial charge in [0.25, 0.3) is 11.8 Å². The lowest BCUT2D eigenvalue weighted by Gasteiger charge is -2.49. The van der Waals surface area contributed by atoms with Crippen molar-refractivity contribution in [1.82, 2.24) is 19.9 Å². The van der Waals surface area contributed by atoms with Gasteiger partial charge in [0.1, 0.15) is 35.4 Å². The summed E-state index contributed by atoms with van der Waals surface area (Å²) in [5.41, 5.74) is 10.2. The van der Waals surface area contributed by atoms with Gasteiger partial charge in [-0.1, -0.05) is 5.16 Å². The zero-order chi connectivity index (χ0) is 27.4. The molecule has 14 heteroatoms. The van der Waals surface area contributed by atoms with E-state index >= 15 is 0 Å².